The van der Waals surface area contributed by atoms with E-state index >= 15 is 0 Å². The van der Waals surface area contributed by atoms with Crippen LogP contribution in [-0.4, -0.2) is 29.9 Å². The molecule has 1 heterocycles. The summed E-state index contributed by atoms with van der Waals surface area (Å²) in [5, 5.41) is 2.53. The molecule has 0 amide bonds. The minimum Gasteiger partial charge on any atom is -0.353 e. The van der Waals surface area contributed by atoms with Gasteiger partial charge in [0.2, 0.25) is 4.99 Å². The first-order valence-corrected chi connectivity index (χ1v) is 4.46. The van der Waals surface area contributed by atoms with Crippen molar-refractivity contribution in [2.24, 2.45) is 0 Å². The van der Waals surface area contributed by atoms with Crippen LogP contribution in [0.3, 0.4) is 0 Å². The van der Waals surface area contributed by atoms with Gasteiger partial charge >= 0.3 is 10.1 Å². The molecule has 2 N–H and O–H groups in total. The Hall–Kier alpha value is -0.750. The summed E-state index contributed by atoms with van der Waals surface area (Å²) < 4.78 is 30.3. The third-order valence-corrected chi connectivity index (χ3v) is 3.24. The van der Waals surface area contributed by atoms with Crippen LogP contribution < -0.4 is 5.32 Å². The minimum absolute atomic E-state index is 1.38. The normalized spacial score (nSPS) is 30.6. The van der Waals surface area contributed by atoms with Crippen molar-refractivity contribution in [1.82, 2.24) is 10.2 Å². The van der Waals surface area contributed by atoms with Crippen molar-refractivity contribution in [2.45, 2.75) is 11.9 Å². The van der Waals surface area contributed by atoms with Gasteiger partial charge in [-0.2, -0.15) is 8.42 Å². The second kappa shape index (κ2) is 2.12. The molecule has 1 atom stereocenters. The smallest absolute Gasteiger partial charge is 0.308 e. The minimum atomic E-state index is -4.10. The molecular weight excluding hydrogens is 168 g/mol. The molecule has 1 aliphatic heterocycles. The Labute approximate surface area is 65.4 Å². The fourth-order valence-electron chi connectivity index (χ4n) is 0.804. The zero-order valence-corrected chi connectivity index (χ0v) is 7.09. The first-order chi connectivity index (χ1) is 4.88. The van der Waals surface area contributed by atoms with Gasteiger partial charge in [0, 0.05) is 19.4 Å². The summed E-state index contributed by atoms with van der Waals surface area (Å²) in [6.07, 6.45) is 3.00. The van der Waals surface area contributed by atoms with Crippen molar-refractivity contribution in [2.75, 3.05) is 7.05 Å². The largest absolute Gasteiger partial charge is 0.353 e. The number of nitrogens with one attached hydrogen (secondary N) is 1. The summed E-state index contributed by atoms with van der Waals surface area (Å²) in [4.78, 5) is -0.0324. The molecule has 5 nitrogen and oxygen atoms in total. The maximum atomic E-state index is 10.8. The quantitative estimate of drug-likeness (QED) is 0.532. The SMILES string of the molecule is CN1C=CNC1(C)S(=O)(=O)O. The maximum Gasteiger partial charge on any atom is 0.308 e. The van der Waals surface area contributed by atoms with Crippen LogP contribution in [0, 0.1) is 0 Å². The van der Waals surface area contributed by atoms with Crippen LogP contribution in [0.4, 0.5) is 0 Å². The summed E-state index contributed by atoms with van der Waals surface area (Å²) in [6.45, 7) is 1.38. The Balaban J connectivity index is 3.04. The Kier molecular flexibility index (Phi) is 1.61. The lowest BCUT2D eigenvalue weighted by molar-refractivity contribution is 0.269. The van der Waals surface area contributed by atoms with E-state index in [0.717, 1.165) is 0 Å². The average Bonchev–Trinajstić information content (AvgIpc) is 2.12. The molecule has 1 rings (SSSR count). The van der Waals surface area contributed by atoms with Crippen molar-refractivity contribution in [3.8, 4) is 0 Å². The molecule has 0 saturated carbocycles. The highest BCUT2D eigenvalue weighted by molar-refractivity contribution is 7.87. The third-order valence-electron chi connectivity index (χ3n) is 1.82. The van der Waals surface area contributed by atoms with E-state index in [-0.39, 0.29) is 0 Å². The monoisotopic (exact) mass is 178 g/mol. The van der Waals surface area contributed by atoms with Gasteiger partial charge in [0.25, 0.3) is 0 Å². The van der Waals surface area contributed by atoms with Crippen LogP contribution in [0.15, 0.2) is 12.4 Å². The van der Waals surface area contributed by atoms with Crippen LogP contribution in [0.5, 0.6) is 0 Å². The van der Waals surface area contributed by atoms with Crippen LogP contribution in [0.25, 0.3) is 0 Å². The van der Waals surface area contributed by atoms with E-state index < -0.39 is 15.1 Å². The summed E-state index contributed by atoms with van der Waals surface area (Å²) in [6, 6.07) is 0. The molecule has 0 fully saturated rings. The lowest BCUT2D eigenvalue weighted by Gasteiger charge is -2.29. The van der Waals surface area contributed by atoms with E-state index in [1.54, 1.807) is 7.05 Å². The second-order valence-corrected chi connectivity index (χ2v) is 4.27. The van der Waals surface area contributed by atoms with Crippen LogP contribution in [0.1, 0.15) is 6.92 Å². The number of nitrogens with zero attached hydrogens (tertiary/aromatic N) is 1. The molecule has 0 spiro atoms. The molecule has 1 unspecified atom stereocenters. The molecule has 11 heavy (non-hydrogen) atoms. The van der Waals surface area contributed by atoms with Gasteiger partial charge in [0.05, 0.1) is 0 Å². The molecule has 1 aliphatic rings. The third kappa shape index (κ3) is 1.08. The Morgan fingerprint density at radius 3 is 2.36 bits per heavy atom. The van der Waals surface area contributed by atoms with Crippen molar-refractivity contribution in [3.63, 3.8) is 0 Å². The number of hydrogen-bond acceptors (Lipinski definition) is 4. The molecule has 6 heteroatoms. The molecular formula is C5H10N2O3S. The fourth-order valence-corrected chi connectivity index (χ4v) is 1.45. The zero-order valence-electron chi connectivity index (χ0n) is 6.27. The molecule has 0 saturated heterocycles. The Morgan fingerprint density at radius 2 is 2.18 bits per heavy atom. The van der Waals surface area contributed by atoms with Gasteiger partial charge in [0.15, 0.2) is 0 Å². The lowest BCUT2D eigenvalue weighted by atomic mass is 10.5. The molecule has 0 aromatic carbocycles. The van der Waals surface area contributed by atoms with Crippen LogP contribution >= 0.6 is 0 Å². The average molecular weight is 178 g/mol. The number of hydrogen-bond donors (Lipinski definition) is 2. The van der Waals surface area contributed by atoms with E-state index in [1.807, 2.05) is 0 Å². The van der Waals surface area contributed by atoms with E-state index in [2.05, 4.69) is 5.32 Å². The molecule has 0 aromatic heterocycles. The zero-order chi connectivity index (χ0) is 8.70. The Morgan fingerprint density at radius 1 is 1.64 bits per heavy atom. The van der Waals surface area contributed by atoms with Crippen molar-refractivity contribution < 1.29 is 13.0 Å². The molecule has 0 bridgehead atoms. The van der Waals surface area contributed by atoms with Gasteiger partial charge in [-0.3, -0.25) is 4.55 Å². The highest BCUT2D eigenvalue weighted by atomic mass is 32.2. The molecule has 0 aromatic rings. The maximum absolute atomic E-state index is 10.8. The first kappa shape index (κ1) is 8.35. The molecule has 64 valence electrons. The van der Waals surface area contributed by atoms with E-state index in [0.29, 0.717) is 0 Å². The summed E-state index contributed by atoms with van der Waals surface area (Å²) in [5.41, 5.74) is 0. The summed E-state index contributed by atoms with van der Waals surface area (Å²) in [5.74, 6) is 0. The topological polar surface area (TPSA) is 69.6 Å². The van der Waals surface area contributed by atoms with Gasteiger partial charge in [-0.1, -0.05) is 0 Å². The van der Waals surface area contributed by atoms with Crippen molar-refractivity contribution in [1.29, 1.82) is 0 Å². The standard InChI is InChI=1S/C5H10N2O3S/c1-5(11(8,9)10)6-3-4-7(5)2/h3-4,6H,1-2H3,(H,8,9,10). The van der Waals surface area contributed by atoms with Gasteiger partial charge in [-0.25, -0.2) is 0 Å². The summed E-state index contributed by atoms with van der Waals surface area (Å²) in [7, 11) is -2.54. The van der Waals surface area contributed by atoms with E-state index in [1.165, 1.54) is 24.2 Å². The summed E-state index contributed by atoms with van der Waals surface area (Å²) >= 11 is 0. The van der Waals surface area contributed by atoms with E-state index in [4.69, 9.17) is 4.55 Å². The highest BCUT2D eigenvalue weighted by Gasteiger charge is 2.42. The molecule has 0 aliphatic carbocycles. The second-order valence-electron chi connectivity index (χ2n) is 2.53. The van der Waals surface area contributed by atoms with Gasteiger partial charge < -0.3 is 10.2 Å². The predicted octanol–water partition coefficient (Wildman–Crippen LogP) is -0.446. The predicted molar refractivity (Wildman–Crippen MR) is 40.0 cm³/mol. The van der Waals surface area contributed by atoms with E-state index in [9.17, 15) is 8.42 Å². The van der Waals surface area contributed by atoms with Crippen molar-refractivity contribution >= 4 is 10.1 Å². The van der Waals surface area contributed by atoms with Crippen molar-refractivity contribution in [3.05, 3.63) is 12.4 Å². The van der Waals surface area contributed by atoms with Crippen LogP contribution in [0.2, 0.25) is 0 Å². The van der Waals surface area contributed by atoms with Gasteiger partial charge in [0.1, 0.15) is 0 Å². The van der Waals surface area contributed by atoms with Crippen LogP contribution in [-0.2, 0) is 10.1 Å². The van der Waals surface area contributed by atoms with Gasteiger partial charge in [-0.15, -0.1) is 0 Å². The lowest BCUT2D eigenvalue weighted by Crippen LogP contribution is -2.53. The molecule has 0 radical (unpaired) electrons. The number of rotatable bonds is 1. The highest BCUT2D eigenvalue weighted by Crippen LogP contribution is 2.20. The first-order valence-electron chi connectivity index (χ1n) is 3.02. The Bertz CT molecular complexity index is 284. The fraction of sp³-hybridized carbons (Fsp3) is 0.600. The van der Waals surface area contributed by atoms with Gasteiger partial charge in [-0.05, 0) is 6.92 Å².